The van der Waals surface area contributed by atoms with Crippen molar-refractivity contribution < 1.29 is 23.8 Å². The second kappa shape index (κ2) is 10.00. The molecule has 0 saturated heterocycles. The van der Waals surface area contributed by atoms with Gasteiger partial charge in [-0.05, 0) is 86.1 Å². The van der Waals surface area contributed by atoms with E-state index in [2.05, 4.69) is 5.32 Å². The summed E-state index contributed by atoms with van der Waals surface area (Å²) in [7, 11) is 1.58. The molecule has 6 nitrogen and oxygen atoms in total. The van der Waals surface area contributed by atoms with Gasteiger partial charge < -0.3 is 19.5 Å². The Morgan fingerprint density at radius 3 is 2.13 bits per heavy atom. The Labute approximate surface area is 185 Å². The first-order valence-electron chi connectivity index (χ1n) is 9.55. The minimum atomic E-state index is -0.821. The highest BCUT2D eigenvalue weighted by Crippen LogP contribution is 2.22. The Balaban J connectivity index is 1.56. The number of benzene rings is 3. The molecule has 0 aromatic heterocycles. The van der Waals surface area contributed by atoms with E-state index in [-0.39, 0.29) is 5.91 Å². The summed E-state index contributed by atoms with van der Waals surface area (Å²) in [6, 6.07) is 18.4. The molecule has 1 N–H and O–H groups in total. The molecule has 0 heterocycles. The van der Waals surface area contributed by atoms with Gasteiger partial charge in [0.25, 0.3) is 5.91 Å². The number of rotatable bonds is 7. The lowest BCUT2D eigenvalue weighted by Gasteiger charge is -2.14. The van der Waals surface area contributed by atoms with Crippen LogP contribution < -0.4 is 19.5 Å². The summed E-state index contributed by atoms with van der Waals surface area (Å²) in [5, 5.41) is 3.42. The van der Waals surface area contributed by atoms with Crippen LogP contribution in [0.5, 0.6) is 17.2 Å². The van der Waals surface area contributed by atoms with E-state index in [0.29, 0.717) is 33.5 Å². The Hall–Kier alpha value is -3.51. The first-order valence-corrected chi connectivity index (χ1v) is 9.93. The first kappa shape index (κ1) is 22.2. The summed E-state index contributed by atoms with van der Waals surface area (Å²) in [5.41, 5.74) is 1.92. The number of carbonyl (C=O) groups excluding carboxylic acids is 2. The molecular formula is C24H22ClNO5. The summed E-state index contributed by atoms with van der Waals surface area (Å²) < 4.78 is 16.1. The third kappa shape index (κ3) is 5.99. The van der Waals surface area contributed by atoms with Crippen molar-refractivity contribution in [3.8, 4) is 17.2 Å². The van der Waals surface area contributed by atoms with Crippen LogP contribution in [-0.2, 0) is 4.79 Å². The lowest BCUT2D eigenvalue weighted by Crippen LogP contribution is -2.28. The van der Waals surface area contributed by atoms with Gasteiger partial charge in [-0.15, -0.1) is 0 Å². The molecule has 0 fully saturated rings. The molecule has 160 valence electrons. The molecule has 0 bridgehead atoms. The maximum absolute atomic E-state index is 12.4. The summed E-state index contributed by atoms with van der Waals surface area (Å²) in [6.07, 6.45) is -0.821. The molecule has 1 unspecified atom stereocenters. The van der Waals surface area contributed by atoms with Crippen molar-refractivity contribution in [1.29, 1.82) is 0 Å². The highest BCUT2D eigenvalue weighted by molar-refractivity contribution is 6.31. The summed E-state index contributed by atoms with van der Waals surface area (Å²) in [6.45, 7) is 3.45. The maximum Gasteiger partial charge on any atom is 0.352 e. The third-order valence-corrected chi connectivity index (χ3v) is 4.88. The maximum atomic E-state index is 12.4. The minimum Gasteiger partial charge on any atom is -0.497 e. The zero-order valence-corrected chi connectivity index (χ0v) is 18.1. The number of halogens is 1. The van der Waals surface area contributed by atoms with Crippen LogP contribution in [0.3, 0.4) is 0 Å². The Kier molecular flexibility index (Phi) is 7.15. The molecule has 0 aliphatic heterocycles. The predicted octanol–water partition coefficient (Wildman–Crippen LogP) is 5.28. The molecule has 3 aromatic carbocycles. The van der Waals surface area contributed by atoms with Crippen molar-refractivity contribution in [2.45, 2.75) is 20.0 Å². The van der Waals surface area contributed by atoms with E-state index < -0.39 is 12.1 Å². The molecule has 0 saturated carbocycles. The Morgan fingerprint density at radius 1 is 0.903 bits per heavy atom. The summed E-state index contributed by atoms with van der Waals surface area (Å²) in [5.74, 6) is 0.708. The average molecular weight is 440 g/mol. The molecule has 1 atom stereocenters. The second-order valence-corrected chi connectivity index (χ2v) is 7.21. The van der Waals surface area contributed by atoms with E-state index in [4.69, 9.17) is 25.8 Å². The van der Waals surface area contributed by atoms with Gasteiger partial charge in [0, 0.05) is 16.3 Å². The molecule has 7 heteroatoms. The van der Waals surface area contributed by atoms with Crippen LogP contribution in [0, 0.1) is 6.92 Å². The van der Waals surface area contributed by atoms with Crippen LogP contribution in [0.25, 0.3) is 0 Å². The van der Waals surface area contributed by atoms with Crippen molar-refractivity contribution >= 4 is 29.2 Å². The van der Waals surface area contributed by atoms with Gasteiger partial charge in [0.2, 0.25) is 0 Å². The lowest BCUT2D eigenvalue weighted by molar-refractivity contribution is -0.141. The highest BCUT2D eigenvalue weighted by atomic mass is 35.5. The number of carbonyl (C=O) groups is 2. The molecule has 3 aromatic rings. The van der Waals surface area contributed by atoms with E-state index in [1.807, 2.05) is 6.92 Å². The van der Waals surface area contributed by atoms with Crippen LogP contribution >= 0.6 is 11.6 Å². The zero-order chi connectivity index (χ0) is 22.4. The molecule has 0 aliphatic rings. The van der Waals surface area contributed by atoms with Gasteiger partial charge in [-0.1, -0.05) is 11.6 Å². The number of esters is 1. The highest BCUT2D eigenvalue weighted by Gasteiger charge is 2.18. The van der Waals surface area contributed by atoms with Crippen LogP contribution in [-0.4, -0.2) is 25.1 Å². The smallest absolute Gasteiger partial charge is 0.352 e. The topological polar surface area (TPSA) is 73.9 Å². The molecule has 31 heavy (non-hydrogen) atoms. The van der Waals surface area contributed by atoms with E-state index in [0.717, 1.165) is 5.56 Å². The third-order valence-electron chi connectivity index (χ3n) is 4.46. The van der Waals surface area contributed by atoms with Crippen molar-refractivity contribution in [3.63, 3.8) is 0 Å². The van der Waals surface area contributed by atoms with Crippen molar-refractivity contribution in [1.82, 2.24) is 0 Å². The summed E-state index contributed by atoms with van der Waals surface area (Å²) >= 11 is 6.00. The van der Waals surface area contributed by atoms with Gasteiger partial charge >= 0.3 is 5.97 Å². The van der Waals surface area contributed by atoms with E-state index >= 15 is 0 Å². The fourth-order valence-electron chi connectivity index (χ4n) is 2.69. The predicted molar refractivity (Wildman–Crippen MR) is 119 cm³/mol. The average Bonchev–Trinajstić information content (AvgIpc) is 2.77. The first-order chi connectivity index (χ1) is 14.9. The van der Waals surface area contributed by atoms with E-state index in [1.54, 1.807) is 80.8 Å². The van der Waals surface area contributed by atoms with Gasteiger partial charge in [0.1, 0.15) is 17.2 Å². The number of aryl methyl sites for hydroxylation is 1. The standard InChI is InChI=1S/C24H22ClNO5/c1-15-14-21(12-13-22(15)25)30-16(2)24(28)31-20-8-4-17(5-9-20)23(27)26-18-6-10-19(29-3)11-7-18/h4-14,16H,1-3H3,(H,26,27). The molecule has 0 spiro atoms. The summed E-state index contributed by atoms with van der Waals surface area (Å²) in [4.78, 5) is 24.7. The van der Waals surface area contributed by atoms with Gasteiger partial charge in [-0.3, -0.25) is 4.79 Å². The molecule has 3 rings (SSSR count). The number of hydrogen-bond donors (Lipinski definition) is 1. The van der Waals surface area contributed by atoms with Crippen molar-refractivity contribution in [3.05, 3.63) is 82.9 Å². The Morgan fingerprint density at radius 2 is 1.52 bits per heavy atom. The lowest BCUT2D eigenvalue weighted by atomic mass is 10.2. The fraction of sp³-hybridized carbons (Fsp3) is 0.167. The largest absolute Gasteiger partial charge is 0.497 e. The van der Waals surface area contributed by atoms with Crippen LogP contribution in [0.4, 0.5) is 5.69 Å². The zero-order valence-electron chi connectivity index (χ0n) is 17.3. The van der Waals surface area contributed by atoms with Crippen LogP contribution in [0.1, 0.15) is 22.8 Å². The van der Waals surface area contributed by atoms with Crippen LogP contribution in [0.15, 0.2) is 66.7 Å². The molecule has 0 radical (unpaired) electrons. The number of ether oxygens (including phenoxy) is 3. The Bertz CT molecular complexity index is 1060. The fourth-order valence-corrected chi connectivity index (χ4v) is 2.81. The number of nitrogens with one attached hydrogen (secondary N) is 1. The van der Waals surface area contributed by atoms with E-state index in [1.165, 1.54) is 0 Å². The normalized spacial score (nSPS) is 11.4. The second-order valence-electron chi connectivity index (χ2n) is 6.80. The quantitative estimate of drug-likeness (QED) is 0.400. The number of methoxy groups -OCH3 is 1. The SMILES string of the molecule is COc1ccc(NC(=O)c2ccc(OC(=O)C(C)Oc3ccc(Cl)c(C)c3)cc2)cc1. The number of amides is 1. The van der Waals surface area contributed by atoms with Crippen LogP contribution in [0.2, 0.25) is 5.02 Å². The van der Waals surface area contributed by atoms with Crippen molar-refractivity contribution in [2.24, 2.45) is 0 Å². The number of hydrogen-bond acceptors (Lipinski definition) is 5. The van der Waals surface area contributed by atoms with Gasteiger partial charge in [-0.2, -0.15) is 0 Å². The monoisotopic (exact) mass is 439 g/mol. The molecule has 1 amide bonds. The van der Waals surface area contributed by atoms with E-state index in [9.17, 15) is 9.59 Å². The minimum absolute atomic E-state index is 0.280. The number of anilines is 1. The molecular weight excluding hydrogens is 418 g/mol. The van der Waals surface area contributed by atoms with Gasteiger partial charge in [0.15, 0.2) is 6.10 Å². The molecule has 0 aliphatic carbocycles. The van der Waals surface area contributed by atoms with Gasteiger partial charge in [-0.25, -0.2) is 4.79 Å². The van der Waals surface area contributed by atoms with Crippen molar-refractivity contribution in [2.75, 3.05) is 12.4 Å². The van der Waals surface area contributed by atoms with Gasteiger partial charge in [0.05, 0.1) is 7.11 Å².